The lowest BCUT2D eigenvalue weighted by Crippen LogP contribution is -2.01. The van der Waals surface area contributed by atoms with Crippen LogP contribution in [0.2, 0.25) is 0 Å². The number of nitrogens with two attached hydrogens (primary N) is 1. The number of benzene rings is 2. The van der Waals surface area contributed by atoms with Gasteiger partial charge in [0.05, 0.1) is 14.2 Å². The number of carboxylic acids is 1. The van der Waals surface area contributed by atoms with Crippen LogP contribution in [0.5, 0.6) is 23.0 Å². The van der Waals surface area contributed by atoms with E-state index in [1.54, 1.807) is 30.3 Å². The lowest BCUT2D eigenvalue weighted by molar-refractivity contribution is 0.0694. The fourth-order valence-corrected chi connectivity index (χ4v) is 1.83. The number of carbonyl (C=O) groups is 1. The molecule has 0 fully saturated rings. The molecule has 0 radical (unpaired) electrons. The van der Waals surface area contributed by atoms with Gasteiger partial charge in [-0.25, -0.2) is 4.79 Å². The number of rotatable bonds is 5. The Hall–Kier alpha value is -2.89. The number of aromatic carboxylic acids is 1. The summed E-state index contributed by atoms with van der Waals surface area (Å²) in [5.74, 6) is 0.291. The number of para-hydroxylation sites is 1. The topological polar surface area (TPSA) is 91.0 Å². The van der Waals surface area contributed by atoms with E-state index in [0.717, 1.165) is 0 Å². The van der Waals surface area contributed by atoms with E-state index in [0.29, 0.717) is 22.9 Å². The van der Waals surface area contributed by atoms with Gasteiger partial charge in [0.2, 0.25) is 0 Å². The van der Waals surface area contributed by atoms with Gasteiger partial charge in [0.1, 0.15) is 34.2 Å². The maximum atomic E-state index is 11.2. The fourth-order valence-electron chi connectivity index (χ4n) is 1.83. The molecule has 0 aliphatic heterocycles. The molecule has 0 aliphatic carbocycles. The van der Waals surface area contributed by atoms with Crippen LogP contribution in [0.3, 0.4) is 0 Å². The molecule has 0 aliphatic rings. The highest BCUT2D eigenvalue weighted by Gasteiger charge is 2.14. The number of hydrogen-bond donors (Lipinski definition) is 2. The maximum absolute atomic E-state index is 11.2. The summed E-state index contributed by atoms with van der Waals surface area (Å²) in [7, 11) is 2.94. The number of nitrogen functional groups attached to an aromatic ring is 1. The minimum absolute atomic E-state index is 0.0623. The lowest BCUT2D eigenvalue weighted by Gasteiger charge is -2.13. The molecule has 6 nitrogen and oxygen atoms in total. The second-order valence-corrected chi connectivity index (χ2v) is 4.14. The van der Waals surface area contributed by atoms with E-state index in [9.17, 15) is 4.79 Å². The van der Waals surface area contributed by atoms with Crippen LogP contribution in [-0.4, -0.2) is 25.3 Å². The molecule has 6 heteroatoms. The van der Waals surface area contributed by atoms with E-state index in [1.807, 2.05) is 0 Å². The van der Waals surface area contributed by atoms with Crippen LogP contribution in [0.25, 0.3) is 0 Å². The molecule has 21 heavy (non-hydrogen) atoms. The zero-order chi connectivity index (χ0) is 15.4. The van der Waals surface area contributed by atoms with E-state index in [4.69, 9.17) is 25.1 Å². The molecule has 0 atom stereocenters. The molecule has 2 aromatic carbocycles. The monoisotopic (exact) mass is 289 g/mol. The van der Waals surface area contributed by atoms with Gasteiger partial charge in [0.25, 0.3) is 0 Å². The average molecular weight is 289 g/mol. The molecule has 0 amide bonds. The molecule has 3 N–H and O–H groups in total. The van der Waals surface area contributed by atoms with E-state index in [1.165, 1.54) is 20.3 Å². The third kappa shape index (κ3) is 3.00. The van der Waals surface area contributed by atoms with Gasteiger partial charge >= 0.3 is 5.97 Å². The van der Waals surface area contributed by atoms with E-state index in [-0.39, 0.29) is 11.3 Å². The van der Waals surface area contributed by atoms with E-state index >= 15 is 0 Å². The highest BCUT2D eigenvalue weighted by molar-refractivity contribution is 5.91. The van der Waals surface area contributed by atoms with E-state index < -0.39 is 5.97 Å². The lowest BCUT2D eigenvalue weighted by atomic mass is 10.2. The van der Waals surface area contributed by atoms with Crippen molar-refractivity contribution < 1.29 is 24.1 Å². The Bertz CT molecular complexity index is 644. The summed E-state index contributed by atoms with van der Waals surface area (Å²) < 4.78 is 15.9. The molecule has 0 aromatic heterocycles. The van der Waals surface area contributed by atoms with Crippen LogP contribution in [0.15, 0.2) is 36.4 Å². The normalized spacial score (nSPS) is 10.0. The molecule has 110 valence electrons. The molecule has 0 bridgehead atoms. The highest BCUT2D eigenvalue weighted by atomic mass is 16.5. The summed E-state index contributed by atoms with van der Waals surface area (Å²) in [6, 6.07) is 9.48. The number of carboxylic acid groups (broad SMARTS) is 1. The Morgan fingerprint density at radius 2 is 1.62 bits per heavy atom. The highest BCUT2D eigenvalue weighted by Crippen LogP contribution is 2.38. The number of hydrogen-bond acceptors (Lipinski definition) is 5. The predicted octanol–water partition coefficient (Wildman–Crippen LogP) is 2.78. The Kier molecular flexibility index (Phi) is 4.18. The molecule has 2 aromatic rings. The second kappa shape index (κ2) is 6.04. The SMILES string of the molecule is COc1cc(Oc2ccccc2C(=O)O)cc(OC)c1N. The molecule has 0 heterocycles. The van der Waals surface area contributed by atoms with Gasteiger partial charge in [0.15, 0.2) is 0 Å². The van der Waals surface area contributed by atoms with Crippen LogP contribution in [0, 0.1) is 0 Å². The van der Waals surface area contributed by atoms with Crippen molar-refractivity contribution in [3.63, 3.8) is 0 Å². The summed E-state index contributed by atoms with van der Waals surface area (Å²) in [5, 5.41) is 9.14. The van der Waals surface area contributed by atoms with Crippen molar-refractivity contribution in [3.05, 3.63) is 42.0 Å². The molecule has 0 saturated carbocycles. The summed E-state index contributed by atoms with van der Waals surface area (Å²) in [4.78, 5) is 11.2. The van der Waals surface area contributed by atoms with Crippen LogP contribution in [0.4, 0.5) is 5.69 Å². The van der Waals surface area contributed by atoms with Crippen molar-refractivity contribution >= 4 is 11.7 Å². The minimum atomic E-state index is -1.07. The molecule has 0 spiro atoms. The predicted molar refractivity (Wildman–Crippen MR) is 77.4 cm³/mol. The van der Waals surface area contributed by atoms with E-state index in [2.05, 4.69) is 0 Å². The standard InChI is InChI=1S/C15H15NO5/c1-19-12-7-9(8-13(20-2)14(12)16)21-11-6-4-3-5-10(11)15(17)18/h3-8H,16H2,1-2H3,(H,17,18). The summed E-state index contributed by atoms with van der Waals surface area (Å²) in [6.45, 7) is 0. The summed E-state index contributed by atoms with van der Waals surface area (Å²) >= 11 is 0. The first-order chi connectivity index (χ1) is 10.1. The molecular formula is C15H15NO5. The van der Waals surface area contributed by atoms with Crippen molar-refractivity contribution in [2.24, 2.45) is 0 Å². The van der Waals surface area contributed by atoms with Crippen molar-refractivity contribution in [1.29, 1.82) is 0 Å². The van der Waals surface area contributed by atoms with Crippen molar-refractivity contribution in [1.82, 2.24) is 0 Å². The van der Waals surface area contributed by atoms with Crippen LogP contribution in [-0.2, 0) is 0 Å². The molecule has 2 rings (SSSR count). The van der Waals surface area contributed by atoms with Crippen LogP contribution < -0.4 is 19.9 Å². The molecular weight excluding hydrogens is 274 g/mol. The Labute approximate surface area is 121 Å². The van der Waals surface area contributed by atoms with Gasteiger partial charge in [0, 0.05) is 12.1 Å². The Morgan fingerprint density at radius 1 is 1.05 bits per heavy atom. The number of ether oxygens (including phenoxy) is 3. The second-order valence-electron chi connectivity index (χ2n) is 4.14. The van der Waals surface area contributed by atoms with Gasteiger partial charge in [-0.15, -0.1) is 0 Å². The van der Waals surface area contributed by atoms with Gasteiger partial charge in [-0.1, -0.05) is 12.1 Å². The van der Waals surface area contributed by atoms with Crippen molar-refractivity contribution in [3.8, 4) is 23.0 Å². The molecule has 0 unspecified atom stereocenters. The summed E-state index contributed by atoms with van der Waals surface area (Å²) in [6.07, 6.45) is 0. The Balaban J connectivity index is 2.43. The average Bonchev–Trinajstić information content (AvgIpc) is 2.49. The van der Waals surface area contributed by atoms with Gasteiger partial charge in [-0.05, 0) is 12.1 Å². The number of anilines is 1. The third-order valence-electron chi connectivity index (χ3n) is 2.86. The first-order valence-corrected chi connectivity index (χ1v) is 6.08. The number of methoxy groups -OCH3 is 2. The largest absolute Gasteiger partial charge is 0.494 e. The Morgan fingerprint density at radius 3 is 2.14 bits per heavy atom. The van der Waals surface area contributed by atoms with Gasteiger partial charge < -0.3 is 25.1 Å². The van der Waals surface area contributed by atoms with Crippen molar-refractivity contribution in [2.75, 3.05) is 20.0 Å². The fraction of sp³-hybridized carbons (Fsp3) is 0.133. The zero-order valence-corrected chi connectivity index (χ0v) is 11.6. The first kappa shape index (κ1) is 14.5. The van der Waals surface area contributed by atoms with Crippen LogP contribution >= 0.6 is 0 Å². The van der Waals surface area contributed by atoms with Gasteiger partial charge in [-0.3, -0.25) is 0 Å². The van der Waals surface area contributed by atoms with Crippen LogP contribution in [0.1, 0.15) is 10.4 Å². The minimum Gasteiger partial charge on any atom is -0.494 e. The quantitative estimate of drug-likeness (QED) is 0.822. The first-order valence-electron chi connectivity index (χ1n) is 6.08. The maximum Gasteiger partial charge on any atom is 0.339 e. The smallest absolute Gasteiger partial charge is 0.339 e. The molecule has 0 saturated heterocycles. The zero-order valence-electron chi connectivity index (χ0n) is 11.6. The third-order valence-corrected chi connectivity index (χ3v) is 2.86. The van der Waals surface area contributed by atoms with Crippen molar-refractivity contribution in [2.45, 2.75) is 0 Å². The van der Waals surface area contributed by atoms with Gasteiger partial charge in [-0.2, -0.15) is 0 Å². The summed E-state index contributed by atoms with van der Waals surface area (Å²) in [5.41, 5.74) is 6.25.